The third-order valence-electron chi connectivity index (χ3n) is 1.78. The quantitative estimate of drug-likeness (QED) is 0.723. The highest BCUT2D eigenvalue weighted by Gasteiger charge is 2.02. The van der Waals surface area contributed by atoms with Crippen molar-refractivity contribution in [2.24, 2.45) is 5.73 Å². The molecule has 74 valence electrons. The van der Waals surface area contributed by atoms with E-state index in [2.05, 4.69) is 15.3 Å². The summed E-state index contributed by atoms with van der Waals surface area (Å²) in [7, 11) is 0. The molecule has 0 amide bonds. The fourth-order valence-electron chi connectivity index (χ4n) is 1.07. The summed E-state index contributed by atoms with van der Waals surface area (Å²) in [6.45, 7) is 2.64. The first-order valence-corrected chi connectivity index (χ1v) is 4.45. The summed E-state index contributed by atoms with van der Waals surface area (Å²) in [5.74, 6) is 0.664. The second kappa shape index (κ2) is 5.14. The van der Waals surface area contributed by atoms with E-state index in [1.807, 2.05) is 13.0 Å². The smallest absolute Gasteiger partial charge is 0.145 e. The topological polar surface area (TPSA) is 87.6 Å². The van der Waals surface area contributed by atoms with Gasteiger partial charge in [-0.25, -0.2) is 9.97 Å². The highest BCUT2D eigenvalue weighted by atomic mass is 15.0. The van der Waals surface area contributed by atoms with E-state index in [1.165, 1.54) is 6.33 Å². The molecule has 1 aromatic rings. The molecule has 0 fully saturated rings. The Morgan fingerprint density at radius 2 is 2.43 bits per heavy atom. The second-order valence-electron chi connectivity index (χ2n) is 3.02. The number of aromatic nitrogens is 2. The monoisotopic (exact) mass is 191 g/mol. The molecule has 0 saturated heterocycles. The Morgan fingerprint density at radius 1 is 1.64 bits per heavy atom. The van der Waals surface area contributed by atoms with Crippen LogP contribution in [0, 0.1) is 11.3 Å². The lowest BCUT2D eigenvalue weighted by atomic mass is 10.2. The van der Waals surface area contributed by atoms with Crippen molar-refractivity contribution < 1.29 is 0 Å². The van der Waals surface area contributed by atoms with E-state index in [9.17, 15) is 0 Å². The Labute approximate surface area is 83.0 Å². The first-order valence-electron chi connectivity index (χ1n) is 4.45. The summed E-state index contributed by atoms with van der Waals surface area (Å²) in [6.07, 6.45) is 2.24. The van der Waals surface area contributed by atoms with Gasteiger partial charge in [0.05, 0.1) is 0 Å². The normalized spacial score (nSPS) is 11.8. The molecule has 0 aromatic carbocycles. The van der Waals surface area contributed by atoms with Crippen molar-refractivity contribution in [2.45, 2.75) is 19.4 Å². The lowest BCUT2D eigenvalue weighted by Crippen LogP contribution is -2.20. The van der Waals surface area contributed by atoms with Gasteiger partial charge >= 0.3 is 0 Å². The summed E-state index contributed by atoms with van der Waals surface area (Å²) in [4.78, 5) is 7.77. The molecule has 0 aliphatic rings. The number of nitrogens with zero attached hydrogens (tertiary/aromatic N) is 3. The zero-order valence-electron chi connectivity index (χ0n) is 8.07. The largest absolute Gasteiger partial charge is 0.367 e. The van der Waals surface area contributed by atoms with Crippen molar-refractivity contribution in [1.82, 2.24) is 9.97 Å². The van der Waals surface area contributed by atoms with E-state index in [1.54, 1.807) is 6.07 Å². The molecule has 0 aliphatic carbocycles. The Kier molecular flexibility index (Phi) is 3.83. The van der Waals surface area contributed by atoms with Gasteiger partial charge in [-0.05, 0) is 19.9 Å². The molecule has 1 atom stereocenters. The maximum atomic E-state index is 8.61. The lowest BCUT2D eigenvalue weighted by molar-refractivity contribution is 0.713. The number of hydrogen-bond donors (Lipinski definition) is 2. The predicted octanol–water partition coefficient (Wildman–Crippen LogP) is 0.497. The first kappa shape index (κ1) is 10.4. The van der Waals surface area contributed by atoms with Crippen LogP contribution < -0.4 is 11.1 Å². The Morgan fingerprint density at radius 3 is 3.07 bits per heavy atom. The molecule has 1 rings (SSSR count). The number of nitriles is 1. The van der Waals surface area contributed by atoms with Crippen LogP contribution in [0.2, 0.25) is 0 Å². The molecular weight excluding hydrogens is 178 g/mol. The van der Waals surface area contributed by atoms with Crippen molar-refractivity contribution in [3.05, 3.63) is 18.1 Å². The van der Waals surface area contributed by atoms with E-state index in [0.29, 0.717) is 18.1 Å². The van der Waals surface area contributed by atoms with Crippen LogP contribution in [0.3, 0.4) is 0 Å². The highest BCUT2D eigenvalue weighted by Crippen LogP contribution is 2.05. The average molecular weight is 191 g/mol. The summed E-state index contributed by atoms with van der Waals surface area (Å²) >= 11 is 0. The van der Waals surface area contributed by atoms with Crippen LogP contribution in [0.5, 0.6) is 0 Å². The summed E-state index contributed by atoms with van der Waals surface area (Å²) in [5.41, 5.74) is 5.78. The zero-order chi connectivity index (χ0) is 10.4. The molecule has 0 bridgehead atoms. The van der Waals surface area contributed by atoms with Gasteiger partial charge in [-0.1, -0.05) is 0 Å². The molecule has 1 heterocycles. The van der Waals surface area contributed by atoms with Crippen molar-refractivity contribution in [3.8, 4) is 6.07 Å². The maximum absolute atomic E-state index is 8.61. The van der Waals surface area contributed by atoms with Gasteiger partial charge in [0, 0.05) is 12.1 Å². The van der Waals surface area contributed by atoms with Gasteiger partial charge in [0.15, 0.2) is 0 Å². The molecule has 0 aliphatic heterocycles. The Bertz CT molecular complexity index is 330. The minimum Gasteiger partial charge on any atom is -0.367 e. The second-order valence-corrected chi connectivity index (χ2v) is 3.02. The van der Waals surface area contributed by atoms with Crippen LogP contribution in [-0.2, 0) is 0 Å². The minimum atomic E-state index is 0.251. The molecule has 5 nitrogen and oxygen atoms in total. The van der Waals surface area contributed by atoms with Gasteiger partial charge in [0.25, 0.3) is 0 Å². The van der Waals surface area contributed by atoms with Gasteiger partial charge in [-0.3, -0.25) is 0 Å². The fourth-order valence-corrected chi connectivity index (χ4v) is 1.07. The molecule has 14 heavy (non-hydrogen) atoms. The van der Waals surface area contributed by atoms with E-state index in [-0.39, 0.29) is 6.04 Å². The van der Waals surface area contributed by atoms with E-state index >= 15 is 0 Å². The predicted molar refractivity (Wildman–Crippen MR) is 53.5 cm³/mol. The Hall–Kier alpha value is -1.67. The van der Waals surface area contributed by atoms with Gasteiger partial charge in [-0.2, -0.15) is 5.26 Å². The molecular formula is C9H13N5. The number of hydrogen-bond acceptors (Lipinski definition) is 5. The summed E-state index contributed by atoms with van der Waals surface area (Å²) in [5, 5.41) is 11.7. The first-order chi connectivity index (χ1) is 6.76. The van der Waals surface area contributed by atoms with Crippen LogP contribution in [-0.4, -0.2) is 22.6 Å². The average Bonchev–Trinajstić information content (AvgIpc) is 2.18. The van der Waals surface area contributed by atoms with Crippen LogP contribution in [0.25, 0.3) is 0 Å². The van der Waals surface area contributed by atoms with Gasteiger partial charge < -0.3 is 11.1 Å². The van der Waals surface area contributed by atoms with Gasteiger partial charge in [0.1, 0.15) is 23.9 Å². The van der Waals surface area contributed by atoms with Crippen LogP contribution in [0.15, 0.2) is 12.4 Å². The van der Waals surface area contributed by atoms with Crippen molar-refractivity contribution in [2.75, 3.05) is 11.9 Å². The van der Waals surface area contributed by atoms with Crippen LogP contribution in [0.1, 0.15) is 19.0 Å². The third kappa shape index (κ3) is 2.99. The van der Waals surface area contributed by atoms with E-state index in [0.717, 1.165) is 6.42 Å². The molecule has 0 radical (unpaired) electrons. The molecule has 1 aromatic heterocycles. The molecule has 0 spiro atoms. The lowest BCUT2D eigenvalue weighted by Gasteiger charge is -2.12. The molecule has 1 unspecified atom stereocenters. The summed E-state index contributed by atoms with van der Waals surface area (Å²) in [6, 6.07) is 3.83. The fraction of sp³-hybridized carbons (Fsp3) is 0.444. The van der Waals surface area contributed by atoms with Crippen molar-refractivity contribution >= 4 is 5.82 Å². The zero-order valence-corrected chi connectivity index (χ0v) is 8.07. The standard InChI is InChI=1S/C9H13N5/c1-7(2-3-10)14-9-4-8(5-11)12-6-13-9/h4,6-7H,2-3,10H2,1H3,(H,12,13,14). The number of rotatable bonds is 4. The van der Waals surface area contributed by atoms with Crippen LogP contribution >= 0.6 is 0 Å². The van der Waals surface area contributed by atoms with Gasteiger partial charge in [0.2, 0.25) is 0 Å². The number of anilines is 1. The van der Waals surface area contributed by atoms with Gasteiger partial charge in [-0.15, -0.1) is 0 Å². The molecule has 0 saturated carbocycles. The number of nitrogens with one attached hydrogen (secondary N) is 1. The third-order valence-corrected chi connectivity index (χ3v) is 1.78. The number of nitrogens with two attached hydrogens (primary N) is 1. The Balaban J connectivity index is 2.63. The SMILES string of the molecule is CC(CCN)Nc1cc(C#N)ncn1. The van der Waals surface area contributed by atoms with Crippen LogP contribution in [0.4, 0.5) is 5.82 Å². The summed E-state index contributed by atoms with van der Waals surface area (Å²) < 4.78 is 0. The van der Waals surface area contributed by atoms with E-state index < -0.39 is 0 Å². The van der Waals surface area contributed by atoms with Crippen molar-refractivity contribution in [3.63, 3.8) is 0 Å². The molecule has 3 N–H and O–H groups in total. The minimum absolute atomic E-state index is 0.251. The van der Waals surface area contributed by atoms with Crippen molar-refractivity contribution in [1.29, 1.82) is 5.26 Å². The molecule has 5 heteroatoms. The van der Waals surface area contributed by atoms with E-state index in [4.69, 9.17) is 11.0 Å². The maximum Gasteiger partial charge on any atom is 0.145 e. The highest BCUT2D eigenvalue weighted by molar-refractivity contribution is 5.39.